The van der Waals surface area contributed by atoms with Gasteiger partial charge in [-0.2, -0.15) is 8.42 Å². The van der Waals surface area contributed by atoms with Crippen molar-refractivity contribution in [2.75, 3.05) is 26.4 Å². The summed E-state index contributed by atoms with van der Waals surface area (Å²) < 4.78 is 58.8. The number of hydrogen-bond acceptors (Lipinski definition) is 11. The van der Waals surface area contributed by atoms with Gasteiger partial charge in [-0.15, -0.1) is 0 Å². The van der Waals surface area contributed by atoms with Gasteiger partial charge in [-0.25, -0.2) is 4.18 Å². The molecule has 334 valence electrons. The van der Waals surface area contributed by atoms with Gasteiger partial charge >= 0.3 is 16.4 Å². The molecule has 0 aromatic rings. The Morgan fingerprint density at radius 2 is 1.02 bits per heavy atom. The number of ether oxygens (including phenoxy) is 4. The van der Waals surface area contributed by atoms with E-state index in [1.54, 1.807) is 0 Å². The lowest BCUT2D eigenvalue weighted by Gasteiger charge is -2.41. The summed E-state index contributed by atoms with van der Waals surface area (Å²) in [7, 11) is -5.05. The molecule has 1 rings (SSSR count). The molecule has 6 atom stereocenters. The molecule has 1 fully saturated rings. The van der Waals surface area contributed by atoms with Crippen LogP contribution >= 0.6 is 0 Å². The van der Waals surface area contributed by atoms with Gasteiger partial charge in [0.2, 0.25) is 0 Å². The number of carbonyl (C=O) groups is 1. The first-order chi connectivity index (χ1) is 27.1. The molecule has 12 nitrogen and oxygen atoms in total. The van der Waals surface area contributed by atoms with Crippen LogP contribution < -0.4 is 0 Å². The van der Waals surface area contributed by atoms with Crippen LogP contribution in [0.4, 0.5) is 0 Å². The lowest BCUT2D eigenvalue weighted by molar-refractivity contribution is -0.301. The number of esters is 1. The third-order valence-electron chi connectivity index (χ3n) is 10.7. The SMILES string of the molecule is CCCCCCCCCCCCCCCCCCCCCCCCOCC(COC1OC(CO)C(O)C(OS(=O)(=O)O)C1O)OC(=O)CCCCCCCCC. The smallest absolute Gasteiger partial charge is 0.397 e. The van der Waals surface area contributed by atoms with Gasteiger partial charge in [-0.1, -0.05) is 187 Å². The molecule has 0 aliphatic carbocycles. The molecule has 1 saturated heterocycles. The fraction of sp³-hybridized carbons (Fsp3) is 0.977. The second-order valence-electron chi connectivity index (χ2n) is 16.0. The molecular formula is C43H84O12S. The van der Waals surface area contributed by atoms with Gasteiger partial charge < -0.3 is 34.3 Å². The summed E-state index contributed by atoms with van der Waals surface area (Å²) in [5.41, 5.74) is 0. The quantitative estimate of drug-likeness (QED) is 0.0262. The normalized spacial score (nSPS) is 20.7. The summed E-state index contributed by atoms with van der Waals surface area (Å²) in [6.07, 6.45) is 27.5. The summed E-state index contributed by atoms with van der Waals surface area (Å²) in [6, 6.07) is 0. The average Bonchev–Trinajstić information content (AvgIpc) is 3.16. The summed E-state index contributed by atoms with van der Waals surface area (Å²) in [5, 5.41) is 30.5. The monoisotopic (exact) mass is 825 g/mol. The number of rotatable bonds is 40. The lowest BCUT2D eigenvalue weighted by atomic mass is 9.99. The van der Waals surface area contributed by atoms with Gasteiger partial charge in [0.1, 0.15) is 30.5 Å². The molecule has 0 radical (unpaired) electrons. The van der Waals surface area contributed by atoms with E-state index >= 15 is 0 Å². The molecule has 0 bridgehead atoms. The van der Waals surface area contributed by atoms with Crippen molar-refractivity contribution < 1.29 is 56.2 Å². The molecule has 1 heterocycles. The van der Waals surface area contributed by atoms with Gasteiger partial charge in [0, 0.05) is 13.0 Å². The van der Waals surface area contributed by atoms with Crippen molar-refractivity contribution in [2.24, 2.45) is 0 Å². The zero-order valence-electron chi connectivity index (χ0n) is 35.5. The number of unbranched alkanes of at least 4 members (excludes halogenated alkanes) is 27. The highest BCUT2D eigenvalue weighted by molar-refractivity contribution is 7.80. The van der Waals surface area contributed by atoms with Crippen molar-refractivity contribution in [3.63, 3.8) is 0 Å². The Bertz CT molecular complexity index is 999. The number of hydrogen-bond donors (Lipinski definition) is 4. The Labute approximate surface area is 341 Å². The van der Waals surface area contributed by atoms with Gasteiger partial charge in [-0.3, -0.25) is 9.35 Å². The van der Waals surface area contributed by atoms with Crippen molar-refractivity contribution in [3.8, 4) is 0 Å². The summed E-state index contributed by atoms with van der Waals surface area (Å²) >= 11 is 0. The Hall–Kier alpha value is -0.900. The standard InChI is InChI=1S/C43H84O12S/c1-3-5-7-9-11-12-13-14-15-16-17-18-19-20-21-22-23-24-25-27-29-31-33-51-35-37(53-39(45)32-30-28-26-10-8-6-4-2)36-52-43-41(47)42(55-56(48,49)50)40(46)38(34-44)54-43/h37-38,40-44,46-47H,3-36H2,1-2H3,(H,48,49,50). The van der Waals surface area contributed by atoms with Crippen LogP contribution in [-0.2, 0) is 38.3 Å². The van der Waals surface area contributed by atoms with Crippen LogP contribution in [0.3, 0.4) is 0 Å². The van der Waals surface area contributed by atoms with Gasteiger partial charge in [0.05, 0.1) is 19.8 Å². The topological polar surface area (TPSA) is 178 Å². The first-order valence-electron chi connectivity index (χ1n) is 22.8. The van der Waals surface area contributed by atoms with E-state index in [4.69, 9.17) is 23.5 Å². The molecule has 4 N–H and O–H groups in total. The van der Waals surface area contributed by atoms with Crippen molar-refractivity contribution in [1.82, 2.24) is 0 Å². The summed E-state index contributed by atoms with van der Waals surface area (Å²) in [4.78, 5) is 12.7. The molecular weight excluding hydrogens is 741 g/mol. The maximum atomic E-state index is 12.7. The maximum absolute atomic E-state index is 12.7. The predicted octanol–water partition coefficient (Wildman–Crippen LogP) is 9.30. The van der Waals surface area contributed by atoms with Crippen molar-refractivity contribution >= 4 is 16.4 Å². The molecule has 1 aliphatic heterocycles. The van der Waals surface area contributed by atoms with E-state index < -0.39 is 59.8 Å². The van der Waals surface area contributed by atoms with Crippen LogP contribution in [0.25, 0.3) is 0 Å². The fourth-order valence-corrected chi connectivity index (χ4v) is 7.77. The highest BCUT2D eigenvalue weighted by Crippen LogP contribution is 2.26. The van der Waals surface area contributed by atoms with Crippen molar-refractivity contribution in [1.29, 1.82) is 0 Å². The van der Waals surface area contributed by atoms with E-state index in [0.717, 1.165) is 38.5 Å². The third kappa shape index (κ3) is 29.3. The van der Waals surface area contributed by atoms with Crippen LogP contribution in [0.2, 0.25) is 0 Å². The molecule has 13 heteroatoms. The number of carbonyl (C=O) groups excluding carboxylic acids is 1. The highest BCUT2D eigenvalue weighted by atomic mass is 32.3. The minimum atomic E-state index is -5.05. The number of aliphatic hydroxyl groups excluding tert-OH is 3. The Morgan fingerprint density at radius 1 is 0.607 bits per heavy atom. The summed E-state index contributed by atoms with van der Waals surface area (Å²) in [5.74, 6) is -0.401. The molecule has 0 spiro atoms. The molecule has 6 unspecified atom stereocenters. The molecule has 1 aliphatic rings. The molecule has 0 saturated carbocycles. The molecule has 0 aromatic carbocycles. The average molecular weight is 825 g/mol. The Morgan fingerprint density at radius 3 is 1.43 bits per heavy atom. The molecule has 56 heavy (non-hydrogen) atoms. The van der Waals surface area contributed by atoms with Gasteiger partial charge in [0.25, 0.3) is 0 Å². The second-order valence-corrected chi connectivity index (χ2v) is 17.1. The summed E-state index contributed by atoms with van der Waals surface area (Å²) in [6.45, 7) is 3.97. The first kappa shape index (κ1) is 53.1. The zero-order valence-corrected chi connectivity index (χ0v) is 36.3. The zero-order chi connectivity index (χ0) is 41.1. The second kappa shape index (κ2) is 36.0. The lowest BCUT2D eigenvalue weighted by Crippen LogP contribution is -2.60. The first-order valence-corrected chi connectivity index (χ1v) is 24.2. The van der Waals surface area contributed by atoms with Crippen LogP contribution in [0.1, 0.15) is 206 Å². The fourth-order valence-electron chi connectivity index (χ4n) is 7.26. The van der Waals surface area contributed by atoms with E-state index in [2.05, 4.69) is 18.0 Å². The van der Waals surface area contributed by atoms with E-state index in [-0.39, 0.29) is 19.6 Å². The minimum Gasteiger partial charge on any atom is -0.457 e. The maximum Gasteiger partial charge on any atom is 0.397 e. The predicted molar refractivity (Wildman–Crippen MR) is 221 cm³/mol. The van der Waals surface area contributed by atoms with E-state index in [1.807, 2.05) is 0 Å². The molecule has 0 amide bonds. The van der Waals surface area contributed by atoms with E-state index in [0.29, 0.717) is 13.0 Å². The van der Waals surface area contributed by atoms with Crippen molar-refractivity contribution in [2.45, 2.75) is 243 Å². The third-order valence-corrected chi connectivity index (χ3v) is 11.2. The molecule has 0 aromatic heterocycles. The van der Waals surface area contributed by atoms with Crippen molar-refractivity contribution in [3.05, 3.63) is 0 Å². The minimum absolute atomic E-state index is 0.0435. The van der Waals surface area contributed by atoms with E-state index in [1.165, 1.54) is 141 Å². The van der Waals surface area contributed by atoms with E-state index in [9.17, 15) is 28.5 Å². The van der Waals surface area contributed by atoms with Gasteiger partial charge in [0.15, 0.2) is 6.29 Å². The number of aliphatic hydroxyl groups is 3. The Kier molecular flexibility index (Phi) is 34.1. The van der Waals surface area contributed by atoms with Crippen LogP contribution in [0.15, 0.2) is 0 Å². The van der Waals surface area contributed by atoms with Crippen LogP contribution in [0, 0.1) is 0 Å². The van der Waals surface area contributed by atoms with Crippen LogP contribution in [0.5, 0.6) is 0 Å². The highest BCUT2D eigenvalue weighted by Gasteiger charge is 2.48. The Balaban J connectivity index is 2.27. The van der Waals surface area contributed by atoms with Gasteiger partial charge in [-0.05, 0) is 12.8 Å². The largest absolute Gasteiger partial charge is 0.457 e. The van der Waals surface area contributed by atoms with Crippen LogP contribution in [-0.4, -0.2) is 97.5 Å².